The van der Waals surface area contributed by atoms with Gasteiger partial charge in [-0.2, -0.15) is 0 Å². The number of alkyl halides is 1. The molecule has 1 heterocycles. The standard InChI is InChI=1S/C14H15BrClFN2/c1-8(9-2-3-9)7-19-13-4-10(15)11(17)5-12(13)18-14(19)6-16/h4-5,8-9H,2-3,6-7H2,1H3. The maximum atomic E-state index is 13.6. The fraction of sp³-hybridized carbons (Fsp3) is 0.500. The summed E-state index contributed by atoms with van der Waals surface area (Å²) in [6.45, 7) is 3.17. The Hall–Kier alpha value is -0.610. The molecular weight excluding hydrogens is 331 g/mol. The summed E-state index contributed by atoms with van der Waals surface area (Å²) >= 11 is 9.21. The molecule has 2 nitrogen and oxygen atoms in total. The van der Waals surface area contributed by atoms with Crippen molar-refractivity contribution in [1.29, 1.82) is 0 Å². The first-order valence-electron chi connectivity index (χ1n) is 6.50. The summed E-state index contributed by atoms with van der Waals surface area (Å²) in [5.41, 5.74) is 1.63. The molecular formula is C14H15BrClFN2. The first-order chi connectivity index (χ1) is 9.10. The normalized spacial score (nSPS) is 17.1. The van der Waals surface area contributed by atoms with Gasteiger partial charge in [-0.05, 0) is 46.7 Å². The second kappa shape index (κ2) is 5.06. The molecule has 19 heavy (non-hydrogen) atoms. The Balaban J connectivity index is 2.06. The summed E-state index contributed by atoms with van der Waals surface area (Å²) in [5.74, 6) is 2.33. The monoisotopic (exact) mass is 344 g/mol. The molecule has 0 bridgehead atoms. The molecule has 1 saturated carbocycles. The molecule has 0 saturated heterocycles. The molecule has 1 fully saturated rings. The van der Waals surface area contributed by atoms with E-state index >= 15 is 0 Å². The second-order valence-electron chi connectivity index (χ2n) is 5.34. The molecule has 0 aliphatic heterocycles. The van der Waals surface area contributed by atoms with E-state index in [4.69, 9.17) is 11.6 Å². The van der Waals surface area contributed by atoms with E-state index in [1.165, 1.54) is 18.9 Å². The molecule has 1 aliphatic carbocycles. The first-order valence-corrected chi connectivity index (χ1v) is 7.83. The van der Waals surface area contributed by atoms with Crippen LogP contribution in [0.4, 0.5) is 4.39 Å². The molecule has 0 spiro atoms. The van der Waals surface area contributed by atoms with Gasteiger partial charge in [0, 0.05) is 12.6 Å². The number of hydrogen-bond donors (Lipinski definition) is 0. The van der Waals surface area contributed by atoms with Crippen LogP contribution in [0.3, 0.4) is 0 Å². The predicted molar refractivity (Wildman–Crippen MR) is 78.8 cm³/mol. The summed E-state index contributed by atoms with van der Waals surface area (Å²) < 4.78 is 16.2. The molecule has 102 valence electrons. The molecule has 3 rings (SSSR count). The summed E-state index contributed by atoms with van der Waals surface area (Å²) in [4.78, 5) is 4.44. The number of rotatable bonds is 4. The lowest BCUT2D eigenvalue weighted by atomic mass is 10.1. The van der Waals surface area contributed by atoms with Crippen molar-refractivity contribution in [2.45, 2.75) is 32.2 Å². The number of benzene rings is 1. The van der Waals surface area contributed by atoms with Crippen molar-refractivity contribution in [3.05, 3.63) is 28.2 Å². The van der Waals surface area contributed by atoms with Crippen LogP contribution in [0.5, 0.6) is 0 Å². The molecule has 1 aromatic heterocycles. The highest BCUT2D eigenvalue weighted by Crippen LogP contribution is 2.38. The highest BCUT2D eigenvalue weighted by Gasteiger charge is 2.29. The van der Waals surface area contributed by atoms with Crippen LogP contribution in [0.25, 0.3) is 11.0 Å². The van der Waals surface area contributed by atoms with Crippen LogP contribution in [0.15, 0.2) is 16.6 Å². The number of halogens is 3. The maximum Gasteiger partial charge on any atom is 0.139 e. The fourth-order valence-corrected chi connectivity index (χ4v) is 3.11. The highest BCUT2D eigenvalue weighted by molar-refractivity contribution is 9.10. The van der Waals surface area contributed by atoms with Crippen LogP contribution in [0, 0.1) is 17.7 Å². The van der Waals surface area contributed by atoms with Crippen LogP contribution < -0.4 is 0 Å². The lowest BCUT2D eigenvalue weighted by Crippen LogP contribution is -2.11. The van der Waals surface area contributed by atoms with Gasteiger partial charge in [-0.1, -0.05) is 6.92 Å². The lowest BCUT2D eigenvalue weighted by molar-refractivity contribution is 0.431. The van der Waals surface area contributed by atoms with Gasteiger partial charge in [-0.3, -0.25) is 0 Å². The molecule has 1 aromatic carbocycles. The fourth-order valence-electron chi connectivity index (χ4n) is 2.58. The molecule has 0 radical (unpaired) electrons. The first kappa shape index (κ1) is 13.4. The van der Waals surface area contributed by atoms with Crippen molar-refractivity contribution in [3.63, 3.8) is 0 Å². The van der Waals surface area contributed by atoms with Crippen molar-refractivity contribution in [3.8, 4) is 0 Å². The van der Waals surface area contributed by atoms with Gasteiger partial charge >= 0.3 is 0 Å². The van der Waals surface area contributed by atoms with Crippen LogP contribution >= 0.6 is 27.5 Å². The number of hydrogen-bond acceptors (Lipinski definition) is 1. The van der Waals surface area contributed by atoms with E-state index in [0.717, 1.165) is 23.8 Å². The topological polar surface area (TPSA) is 17.8 Å². The number of imidazole rings is 1. The van der Waals surface area contributed by atoms with E-state index in [1.54, 1.807) is 6.07 Å². The average molecular weight is 346 g/mol. The van der Waals surface area contributed by atoms with E-state index in [9.17, 15) is 4.39 Å². The smallest absolute Gasteiger partial charge is 0.139 e. The van der Waals surface area contributed by atoms with Gasteiger partial charge in [0.1, 0.15) is 11.6 Å². The maximum absolute atomic E-state index is 13.6. The number of aromatic nitrogens is 2. The Morgan fingerprint density at radius 1 is 1.53 bits per heavy atom. The van der Waals surface area contributed by atoms with Gasteiger partial charge in [-0.15, -0.1) is 11.6 Å². The molecule has 1 atom stereocenters. The Morgan fingerprint density at radius 3 is 2.89 bits per heavy atom. The predicted octanol–water partition coefficient (Wildman–Crippen LogP) is 4.72. The van der Waals surface area contributed by atoms with Crippen molar-refractivity contribution in [2.24, 2.45) is 11.8 Å². The molecule has 1 aliphatic rings. The van der Waals surface area contributed by atoms with Crippen molar-refractivity contribution < 1.29 is 4.39 Å². The van der Waals surface area contributed by atoms with Crippen LogP contribution in [0.2, 0.25) is 0 Å². The van der Waals surface area contributed by atoms with E-state index in [0.29, 0.717) is 21.8 Å². The van der Waals surface area contributed by atoms with Crippen LogP contribution in [0.1, 0.15) is 25.6 Å². The second-order valence-corrected chi connectivity index (χ2v) is 6.46. The minimum atomic E-state index is -0.284. The highest BCUT2D eigenvalue weighted by atomic mass is 79.9. The third kappa shape index (κ3) is 2.52. The Kier molecular flexibility index (Phi) is 3.56. The minimum Gasteiger partial charge on any atom is -0.327 e. The van der Waals surface area contributed by atoms with Crippen LogP contribution in [-0.2, 0) is 12.4 Å². The lowest BCUT2D eigenvalue weighted by Gasteiger charge is -2.14. The van der Waals surface area contributed by atoms with E-state index < -0.39 is 0 Å². The summed E-state index contributed by atoms with van der Waals surface area (Å²) in [5, 5.41) is 0. The van der Waals surface area contributed by atoms with E-state index in [2.05, 4.69) is 32.4 Å². The van der Waals surface area contributed by atoms with Crippen molar-refractivity contribution in [2.75, 3.05) is 0 Å². The number of fused-ring (bicyclic) bond motifs is 1. The van der Waals surface area contributed by atoms with E-state index in [1.807, 2.05) is 0 Å². The van der Waals surface area contributed by atoms with Gasteiger partial charge < -0.3 is 4.57 Å². The Bertz CT molecular complexity index is 621. The zero-order chi connectivity index (χ0) is 13.6. The van der Waals surface area contributed by atoms with Gasteiger partial charge in [0.2, 0.25) is 0 Å². The third-order valence-corrected chi connectivity index (χ3v) is 4.73. The SMILES string of the molecule is CC(Cn1c(CCl)nc2cc(F)c(Br)cc21)C1CC1. The molecule has 1 unspecified atom stereocenters. The van der Waals surface area contributed by atoms with E-state index in [-0.39, 0.29) is 5.82 Å². The molecule has 2 aromatic rings. The average Bonchev–Trinajstić information content (AvgIpc) is 3.17. The van der Waals surface area contributed by atoms with Crippen molar-refractivity contribution >= 4 is 38.6 Å². The van der Waals surface area contributed by atoms with Gasteiger partial charge in [-0.25, -0.2) is 9.37 Å². The summed E-state index contributed by atoms with van der Waals surface area (Å²) in [6, 6.07) is 3.26. The quantitative estimate of drug-likeness (QED) is 0.733. The van der Waals surface area contributed by atoms with Gasteiger partial charge in [0.25, 0.3) is 0 Å². The summed E-state index contributed by atoms with van der Waals surface area (Å²) in [7, 11) is 0. The van der Waals surface area contributed by atoms with Crippen molar-refractivity contribution in [1.82, 2.24) is 9.55 Å². The number of nitrogens with zero attached hydrogens (tertiary/aromatic N) is 2. The Labute approximate surface area is 125 Å². The van der Waals surface area contributed by atoms with Crippen LogP contribution in [-0.4, -0.2) is 9.55 Å². The van der Waals surface area contributed by atoms with Gasteiger partial charge in [0.15, 0.2) is 0 Å². The molecule has 5 heteroatoms. The zero-order valence-corrected chi connectivity index (χ0v) is 13.0. The summed E-state index contributed by atoms with van der Waals surface area (Å²) in [6.07, 6.45) is 2.64. The zero-order valence-electron chi connectivity index (χ0n) is 10.7. The Morgan fingerprint density at radius 2 is 2.26 bits per heavy atom. The minimum absolute atomic E-state index is 0.284. The third-order valence-electron chi connectivity index (χ3n) is 3.89. The largest absolute Gasteiger partial charge is 0.327 e. The molecule has 0 N–H and O–H groups in total. The molecule has 0 amide bonds. The van der Waals surface area contributed by atoms with Gasteiger partial charge in [0.05, 0.1) is 21.4 Å².